The van der Waals surface area contributed by atoms with E-state index in [1.807, 2.05) is 78.9 Å². The van der Waals surface area contributed by atoms with Gasteiger partial charge in [0.2, 0.25) is 0 Å². The zero-order valence-electron chi connectivity index (χ0n) is 27.9. The van der Waals surface area contributed by atoms with Gasteiger partial charge in [-0.1, -0.05) is 133 Å². The molecule has 0 saturated heterocycles. The molecule has 5 nitrogen and oxygen atoms in total. The monoisotopic (exact) mass is 664 g/mol. The van der Waals surface area contributed by atoms with Crippen molar-refractivity contribution >= 4 is 0 Å². The number of nitrogens with zero attached hydrogens (tertiary/aromatic N) is 4. The van der Waals surface area contributed by atoms with Gasteiger partial charge >= 0.3 is 0 Å². The Bertz CT molecular complexity index is 2630. The third-order valence-corrected chi connectivity index (χ3v) is 10.2. The van der Waals surface area contributed by atoms with Crippen molar-refractivity contribution in [2.45, 2.75) is 5.41 Å². The largest absolute Gasteiger partial charge is 0.457 e. The van der Waals surface area contributed by atoms with E-state index in [2.05, 4.69) is 97.1 Å². The van der Waals surface area contributed by atoms with E-state index in [1.165, 1.54) is 22.3 Å². The van der Waals surface area contributed by atoms with Crippen LogP contribution in [0.1, 0.15) is 27.8 Å². The van der Waals surface area contributed by atoms with Crippen molar-refractivity contribution in [2.75, 3.05) is 0 Å². The number of benzene rings is 7. The number of fused-ring (bicyclic) bond motifs is 9. The van der Waals surface area contributed by atoms with E-state index in [1.54, 1.807) is 0 Å². The topological polar surface area (TPSA) is 71.7 Å². The second-order valence-electron chi connectivity index (χ2n) is 13.1. The second kappa shape index (κ2) is 11.7. The molecule has 52 heavy (non-hydrogen) atoms. The molecular weight excluding hydrogens is 637 g/mol. The SMILES string of the molecule is N#Cc1ccc2c(c1)C1(c3cc(-c4cccc(-c5nc(-c6ccccc6)nc(-c6ccccc6)n5)c4)ccc3O2)c2ccccc2-c2ccccc21. The Morgan fingerprint density at radius 3 is 1.50 bits per heavy atom. The van der Waals surface area contributed by atoms with Crippen molar-refractivity contribution in [1.82, 2.24) is 15.0 Å². The van der Waals surface area contributed by atoms with Crippen molar-refractivity contribution in [2.24, 2.45) is 0 Å². The molecule has 0 radical (unpaired) electrons. The molecule has 0 amide bonds. The Morgan fingerprint density at radius 2 is 0.885 bits per heavy atom. The lowest BCUT2D eigenvalue weighted by Crippen LogP contribution is -2.32. The summed E-state index contributed by atoms with van der Waals surface area (Å²) in [7, 11) is 0. The Labute approximate surface area is 301 Å². The van der Waals surface area contributed by atoms with Crippen LogP contribution >= 0.6 is 0 Å². The Balaban J connectivity index is 1.17. The van der Waals surface area contributed by atoms with Gasteiger partial charge in [-0.05, 0) is 69.8 Å². The Morgan fingerprint density at radius 1 is 0.404 bits per heavy atom. The third-order valence-electron chi connectivity index (χ3n) is 10.2. The number of hydrogen-bond acceptors (Lipinski definition) is 5. The summed E-state index contributed by atoms with van der Waals surface area (Å²) in [6.07, 6.45) is 0. The van der Waals surface area contributed by atoms with Crippen LogP contribution in [0.4, 0.5) is 0 Å². The Hall–Kier alpha value is -7.16. The van der Waals surface area contributed by atoms with Crippen LogP contribution in [0.5, 0.6) is 11.5 Å². The summed E-state index contributed by atoms with van der Waals surface area (Å²) in [5.41, 5.74) is 11.4. The predicted octanol–water partition coefficient (Wildman–Crippen LogP) is 10.9. The highest BCUT2D eigenvalue weighted by atomic mass is 16.5. The molecule has 0 atom stereocenters. The molecule has 10 rings (SSSR count). The van der Waals surface area contributed by atoms with Gasteiger partial charge in [0.05, 0.1) is 17.0 Å². The molecule has 2 heterocycles. The molecule has 5 heteroatoms. The summed E-state index contributed by atoms with van der Waals surface area (Å²) in [5.74, 6) is 3.39. The van der Waals surface area contributed by atoms with Crippen molar-refractivity contribution in [3.63, 3.8) is 0 Å². The van der Waals surface area contributed by atoms with Crippen LogP contribution in [0.15, 0.2) is 170 Å². The molecule has 0 N–H and O–H groups in total. The van der Waals surface area contributed by atoms with Gasteiger partial charge in [0.15, 0.2) is 17.5 Å². The van der Waals surface area contributed by atoms with E-state index < -0.39 is 5.41 Å². The summed E-state index contributed by atoms with van der Waals surface area (Å²) in [6, 6.07) is 60.2. The normalized spacial score (nSPS) is 12.9. The Kier molecular flexibility index (Phi) is 6.70. The van der Waals surface area contributed by atoms with Gasteiger partial charge in [0.1, 0.15) is 11.5 Å². The van der Waals surface area contributed by atoms with E-state index in [0.29, 0.717) is 23.0 Å². The average Bonchev–Trinajstić information content (AvgIpc) is 3.52. The van der Waals surface area contributed by atoms with Crippen LogP contribution in [0, 0.1) is 11.3 Å². The summed E-state index contributed by atoms with van der Waals surface area (Å²) >= 11 is 0. The van der Waals surface area contributed by atoms with Gasteiger partial charge in [0.25, 0.3) is 0 Å². The first-order valence-electron chi connectivity index (χ1n) is 17.2. The maximum absolute atomic E-state index is 10.0. The van der Waals surface area contributed by atoms with E-state index in [-0.39, 0.29) is 0 Å². The zero-order valence-corrected chi connectivity index (χ0v) is 27.9. The van der Waals surface area contributed by atoms with Gasteiger partial charge in [0, 0.05) is 27.8 Å². The standard InChI is InChI=1S/C47H28N4O/c48-29-30-22-24-42-40(26-30)47(38-20-9-7-18-36(38)37-19-8-10-21-39(37)47)41-28-34(23-25-43(41)52-42)33-16-11-17-35(27-33)46-50-44(31-12-3-1-4-13-31)49-45(51-46)32-14-5-2-6-15-32/h1-28H. The molecule has 8 aromatic rings. The van der Waals surface area contributed by atoms with Crippen molar-refractivity contribution < 1.29 is 4.74 Å². The molecule has 7 aromatic carbocycles. The fourth-order valence-electron chi connectivity index (χ4n) is 7.93. The average molecular weight is 665 g/mol. The summed E-state index contributed by atoms with van der Waals surface area (Å²) in [6.45, 7) is 0. The van der Waals surface area contributed by atoms with Gasteiger partial charge in [-0.3, -0.25) is 0 Å². The maximum Gasteiger partial charge on any atom is 0.164 e. The van der Waals surface area contributed by atoms with E-state index in [4.69, 9.17) is 19.7 Å². The lowest BCUT2D eigenvalue weighted by atomic mass is 9.65. The van der Waals surface area contributed by atoms with Crippen LogP contribution in [-0.4, -0.2) is 15.0 Å². The second-order valence-corrected chi connectivity index (χ2v) is 13.1. The number of aromatic nitrogens is 3. The van der Waals surface area contributed by atoms with Crippen LogP contribution in [0.3, 0.4) is 0 Å². The zero-order chi connectivity index (χ0) is 34.6. The van der Waals surface area contributed by atoms with Crippen LogP contribution in [0.2, 0.25) is 0 Å². The highest BCUT2D eigenvalue weighted by molar-refractivity contribution is 5.89. The van der Waals surface area contributed by atoms with E-state index in [0.717, 1.165) is 50.4 Å². The fourth-order valence-corrected chi connectivity index (χ4v) is 7.93. The van der Waals surface area contributed by atoms with Crippen molar-refractivity contribution in [3.05, 3.63) is 198 Å². The van der Waals surface area contributed by atoms with Crippen molar-refractivity contribution in [1.29, 1.82) is 5.26 Å². The minimum Gasteiger partial charge on any atom is -0.457 e. The van der Waals surface area contributed by atoms with Crippen LogP contribution < -0.4 is 4.74 Å². The molecule has 242 valence electrons. The first-order chi connectivity index (χ1) is 25.7. The number of rotatable bonds is 4. The lowest BCUT2D eigenvalue weighted by molar-refractivity contribution is 0.436. The van der Waals surface area contributed by atoms with E-state index in [9.17, 15) is 5.26 Å². The van der Waals surface area contributed by atoms with E-state index >= 15 is 0 Å². The van der Waals surface area contributed by atoms with Gasteiger partial charge in [-0.25, -0.2) is 15.0 Å². The number of ether oxygens (including phenoxy) is 1. The highest BCUT2D eigenvalue weighted by Crippen LogP contribution is 2.62. The van der Waals surface area contributed by atoms with Crippen LogP contribution in [0.25, 0.3) is 56.4 Å². The van der Waals surface area contributed by atoms with Gasteiger partial charge in [-0.15, -0.1) is 0 Å². The first-order valence-corrected chi connectivity index (χ1v) is 17.2. The third kappa shape index (κ3) is 4.52. The van der Waals surface area contributed by atoms with Crippen molar-refractivity contribution in [3.8, 4) is 74.0 Å². The summed E-state index contributed by atoms with van der Waals surface area (Å²) in [4.78, 5) is 14.9. The minimum absolute atomic E-state index is 0.595. The molecule has 0 fully saturated rings. The number of hydrogen-bond donors (Lipinski definition) is 0. The highest BCUT2D eigenvalue weighted by Gasteiger charge is 2.51. The molecule has 0 bridgehead atoms. The summed E-state index contributed by atoms with van der Waals surface area (Å²) < 4.78 is 6.65. The molecule has 1 aromatic heterocycles. The molecule has 1 aliphatic heterocycles. The maximum atomic E-state index is 10.0. The lowest BCUT2D eigenvalue weighted by Gasteiger charge is -2.39. The quantitative estimate of drug-likeness (QED) is 0.187. The molecule has 1 aliphatic carbocycles. The number of nitriles is 1. The minimum atomic E-state index is -0.681. The molecule has 2 aliphatic rings. The fraction of sp³-hybridized carbons (Fsp3) is 0.0213. The molecule has 1 spiro atoms. The smallest absolute Gasteiger partial charge is 0.164 e. The predicted molar refractivity (Wildman–Crippen MR) is 204 cm³/mol. The van der Waals surface area contributed by atoms with Gasteiger partial charge in [-0.2, -0.15) is 5.26 Å². The van der Waals surface area contributed by atoms with Gasteiger partial charge < -0.3 is 4.74 Å². The molecule has 0 saturated carbocycles. The molecular formula is C47H28N4O. The van der Waals surface area contributed by atoms with Crippen LogP contribution in [-0.2, 0) is 5.41 Å². The summed E-state index contributed by atoms with van der Waals surface area (Å²) in [5, 5.41) is 10.0. The first kappa shape index (κ1) is 29.7. The molecule has 0 unspecified atom stereocenters.